The van der Waals surface area contributed by atoms with Crippen LogP contribution in [0.3, 0.4) is 0 Å². The van der Waals surface area contributed by atoms with Gasteiger partial charge in [-0.1, -0.05) is 60.7 Å². The second kappa shape index (κ2) is 5.78. The van der Waals surface area contributed by atoms with E-state index >= 15 is 0 Å². The lowest BCUT2D eigenvalue weighted by Crippen LogP contribution is -2.05. The topological polar surface area (TPSA) is 54.4 Å². The molecule has 0 amide bonds. The van der Waals surface area contributed by atoms with Crippen LogP contribution < -0.4 is 0 Å². The van der Waals surface area contributed by atoms with Gasteiger partial charge < -0.3 is 5.11 Å². The van der Waals surface area contributed by atoms with Crippen molar-refractivity contribution in [1.29, 1.82) is 0 Å². The summed E-state index contributed by atoms with van der Waals surface area (Å²) in [6, 6.07) is 17.4. The smallest absolute Gasteiger partial charge is 0.329 e. The van der Waals surface area contributed by atoms with Crippen molar-refractivity contribution in [3.05, 3.63) is 77.9 Å². The molecule has 0 aliphatic heterocycles. The SMILES string of the molecule is O=C(O)/C=C(/C(=O)c1ccccc1)c1ccccc1. The minimum atomic E-state index is -1.14. The molecule has 2 aromatic carbocycles. The predicted molar refractivity (Wildman–Crippen MR) is 72.8 cm³/mol. The van der Waals surface area contributed by atoms with E-state index in [-0.39, 0.29) is 11.4 Å². The molecule has 0 saturated carbocycles. The number of rotatable bonds is 4. The first kappa shape index (κ1) is 12.8. The van der Waals surface area contributed by atoms with Crippen molar-refractivity contribution in [3.63, 3.8) is 0 Å². The fourth-order valence-corrected chi connectivity index (χ4v) is 1.77. The van der Waals surface area contributed by atoms with Gasteiger partial charge in [0, 0.05) is 17.2 Å². The molecule has 2 aromatic rings. The second-order valence-electron chi connectivity index (χ2n) is 3.96. The van der Waals surface area contributed by atoms with Crippen molar-refractivity contribution < 1.29 is 14.7 Å². The molecule has 0 unspecified atom stereocenters. The quantitative estimate of drug-likeness (QED) is 0.672. The van der Waals surface area contributed by atoms with Crippen molar-refractivity contribution in [3.8, 4) is 0 Å². The number of carbonyl (C=O) groups excluding carboxylic acids is 1. The molecule has 0 fully saturated rings. The average Bonchev–Trinajstić information content (AvgIpc) is 2.46. The van der Waals surface area contributed by atoms with Gasteiger partial charge in [-0.25, -0.2) is 4.79 Å². The first-order chi connectivity index (χ1) is 9.18. The molecule has 0 aliphatic carbocycles. The van der Waals surface area contributed by atoms with Gasteiger partial charge in [0.1, 0.15) is 0 Å². The van der Waals surface area contributed by atoms with E-state index in [4.69, 9.17) is 5.11 Å². The number of hydrogen-bond donors (Lipinski definition) is 1. The Bertz CT molecular complexity index is 613. The molecule has 0 atom stereocenters. The number of Topliss-reactive ketones (excluding diaryl/α,β-unsaturated/α-hetero) is 1. The van der Waals surface area contributed by atoms with Crippen molar-refractivity contribution in [2.75, 3.05) is 0 Å². The summed E-state index contributed by atoms with van der Waals surface area (Å²) in [6.45, 7) is 0. The first-order valence-corrected chi connectivity index (χ1v) is 5.78. The van der Waals surface area contributed by atoms with Crippen LogP contribution in [0.1, 0.15) is 15.9 Å². The Kier molecular flexibility index (Phi) is 3.88. The summed E-state index contributed by atoms with van der Waals surface area (Å²) in [4.78, 5) is 23.2. The molecule has 3 nitrogen and oxygen atoms in total. The number of benzene rings is 2. The number of hydrogen-bond acceptors (Lipinski definition) is 2. The molecule has 3 heteroatoms. The molecule has 0 heterocycles. The fraction of sp³-hybridized carbons (Fsp3) is 0. The third-order valence-corrected chi connectivity index (χ3v) is 2.63. The maximum atomic E-state index is 12.3. The summed E-state index contributed by atoms with van der Waals surface area (Å²) in [5.74, 6) is -1.43. The minimum Gasteiger partial charge on any atom is -0.478 e. The molecule has 0 radical (unpaired) electrons. The van der Waals surface area contributed by atoms with Gasteiger partial charge in [-0.2, -0.15) is 0 Å². The fourth-order valence-electron chi connectivity index (χ4n) is 1.77. The molecule has 0 aliphatic rings. The third-order valence-electron chi connectivity index (χ3n) is 2.63. The zero-order chi connectivity index (χ0) is 13.7. The molecule has 94 valence electrons. The summed E-state index contributed by atoms with van der Waals surface area (Å²) in [5.41, 5.74) is 1.25. The molecule has 0 aromatic heterocycles. The van der Waals surface area contributed by atoms with Crippen LogP contribution in [0.25, 0.3) is 5.57 Å². The van der Waals surface area contributed by atoms with Gasteiger partial charge in [-0.05, 0) is 5.56 Å². The highest BCUT2D eigenvalue weighted by molar-refractivity contribution is 6.31. The maximum Gasteiger partial charge on any atom is 0.329 e. The van der Waals surface area contributed by atoms with Crippen molar-refractivity contribution in [1.82, 2.24) is 0 Å². The van der Waals surface area contributed by atoms with Crippen molar-refractivity contribution in [2.24, 2.45) is 0 Å². The molecular formula is C16H12O3. The minimum absolute atomic E-state index is 0.180. The first-order valence-electron chi connectivity index (χ1n) is 5.78. The Morgan fingerprint density at radius 1 is 0.789 bits per heavy atom. The Hall–Kier alpha value is -2.68. The van der Waals surface area contributed by atoms with Crippen LogP contribution in [-0.2, 0) is 4.79 Å². The number of aliphatic carboxylic acids is 1. The molecule has 1 N–H and O–H groups in total. The van der Waals surface area contributed by atoms with E-state index in [1.807, 2.05) is 6.07 Å². The van der Waals surface area contributed by atoms with Crippen LogP contribution in [0, 0.1) is 0 Å². The second-order valence-corrected chi connectivity index (χ2v) is 3.96. The Morgan fingerprint density at radius 2 is 1.26 bits per heavy atom. The molecule has 2 rings (SSSR count). The van der Waals surface area contributed by atoms with Gasteiger partial charge >= 0.3 is 5.97 Å². The van der Waals surface area contributed by atoms with Crippen LogP contribution in [0.2, 0.25) is 0 Å². The van der Waals surface area contributed by atoms with Crippen molar-refractivity contribution in [2.45, 2.75) is 0 Å². The van der Waals surface area contributed by atoms with E-state index in [2.05, 4.69) is 0 Å². The number of allylic oxidation sites excluding steroid dienone is 1. The van der Waals surface area contributed by atoms with E-state index in [0.29, 0.717) is 11.1 Å². The summed E-state index contributed by atoms with van der Waals surface area (Å²) >= 11 is 0. The standard InChI is InChI=1S/C16H12O3/c17-15(18)11-14(12-7-3-1-4-8-12)16(19)13-9-5-2-6-10-13/h1-11H,(H,17,18)/b14-11+. The Labute approximate surface area is 110 Å². The van der Waals surface area contributed by atoms with E-state index < -0.39 is 5.97 Å². The van der Waals surface area contributed by atoms with Crippen LogP contribution in [0.5, 0.6) is 0 Å². The van der Waals surface area contributed by atoms with E-state index in [9.17, 15) is 9.59 Å². The lowest BCUT2D eigenvalue weighted by molar-refractivity contribution is -0.131. The highest BCUT2D eigenvalue weighted by Crippen LogP contribution is 2.19. The summed E-state index contributed by atoms with van der Waals surface area (Å²) < 4.78 is 0. The van der Waals surface area contributed by atoms with Gasteiger partial charge in [0.05, 0.1) is 0 Å². The Balaban J connectivity index is 2.46. The van der Waals surface area contributed by atoms with Crippen LogP contribution in [-0.4, -0.2) is 16.9 Å². The third kappa shape index (κ3) is 3.16. The monoisotopic (exact) mass is 252 g/mol. The Morgan fingerprint density at radius 3 is 1.74 bits per heavy atom. The summed E-state index contributed by atoms with van der Waals surface area (Å²) in [6.07, 6.45) is 0.949. The largest absolute Gasteiger partial charge is 0.478 e. The number of ketones is 1. The maximum absolute atomic E-state index is 12.3. The van der Waals surface area contributed by atoms with E-state index in [0.717, 1.165) is 6.08 Å². The molecular weight excluding hydrogens is 240 g/mol. The van der Waals surface area contributed by atoms with E-state index in [1.54, 1.807) is 54.6 Å². The van der Waals surface area contributed by atoms with Gasteiger partial charge in [0.25, 0.3) is 0 Å². The predicted octanol–water partition coefficient (Wildman–Crippen LogP) is 3.04. The van der Waals surface area contributed by atoms with E-state index in [1.165, 1.54) is 0 Å². The van der Waals surface area contributed by atoms with Crippen LogP contribution in [0.4, 0.5) is 0 Å². The van der Waals surface area contributed by atoms with Crippen molar-refractivity contribution >= 4 is 17.3 Å². The molecule has 19 heavy (non-hydrogen) atoms. The number of carboxylic acid groups (broad SMARTS) is 1. The number of carbonyl (C=O) groups is 2. The van der Waals surface area contributed by atoms with Crippen LogP contribution in [0.15, 0.2) is 66.7 Å². The lowest BCUT2D eigenvalue weighted by atomic mass is 9.96. The zero-order valence-corrected chi connectivity index (χ0v) is 10.1. The van der Waals surface area contributed by atoms with Crippen LogP contribution >= 0.6 is 0 Å². The van der Waals surface area contributed by atoms with Gasteiger partial charge in [-0.15, -0.1) is 0 Å². The zero-order valence-electron chi connectivity index (χ0n) is 10.1. The van der Waals surface area contributed by atoms with Gasteiger partial charge in [0.2, 0.25) is 0 Å². The summed E-state index contributed by atoms with van der Waals surface area (Å²) in [7, 11) is 0. The molecule has 0 spiro atoms. The normalized spacial score (nSPS) is 11.1. The number of carboxylic acids is 1. The highest BCUT2D eigenvalue weighted by Gasteiger charge is 2.15. The molecule has 0 bridgehead atoms. The highest BCUT2D eigenvalue weighted by atomic mass is 16.4. The van der Waals surface area contributed by atoms with Gasteiger partial charge in [-0.3, -0.25) is 4.79 Å². The summed E-state index contributed by atoms with van der Waals surface area (Å²) in [5, 5.41) is 8.91. The van der Waals surface area contributed by atoms with Gasteiger partial charge in [0.15, 0.2) is 5.78 Å². The average molecular weight is 252 g/mol. The lowest BCUT2D eigenvalue weighted by Gasteiger charge is -2.06. The molecule has 0 saturated heterocycles.